The van der Waals surface area contributed by atoms with E-state index in [4.69, 9.17) is 9.84 Å². The van der Waals surface area contributed by atoms with Crippen molar-refractivity contribution < 1.29 is 23.4 Å². The molecule has 0 radical (unpaired) electrons. The van der Waals surface area contributed by atoms with Crippen LogP contribution in [-0.4, -0.2) is 41.0 Å². The average molecular weight is 246 g/mol. The molecule has 2 rings (SSSR count). The molecule has 0 spiro atoms. The van der Waals surface area contributed by atoms with Gasteiger partial charge in [-0.3, -0.25) is 4.79 Å². The quantitative estimate of drug-likeness (QED) is 0.728. The molecule has 2 heterocycles. The average Bonchev–Trinajstić information content (AvgIpc) is 2.65. The number of aliphatic hydroxyl groups excluding tert-OH is 1. The maximum Gasteiger partial charge on any atom is 0.287 e. The SMILES string of the molecule is C=C1NC(=O)C(F)=CN1[C@@H]1O[C@H](CO)CC1F. The molecular formula is C10H12F2N2O3. The van der Waals surface area contributed by atoms with Crippen molar-refractivity contribution in [2.75, 3.05) is 6.61 Å². The first kappa shape index (κ1) is 12.0. The summed E-state index contributed by atoms with van der Waals surface area (Å²) in [4.78, 5) is 12.0. The van der Waals surface area contributed by atoms with E-state index >= 15 is 0 Å². The first-order valence-electron chi connectivity index (χ1n) is 5.09. The molecule has 1 unspecified atom stereocenters. The first-order valence-corrected chi connectivity index (χ1v) is 5.09. The Kier molecular flexibility index (Phi) is 3.12. The lowest BCUT2D eigenvalue weighted by atomic mass is 10.2. The third-order valence-corrected chi connectivity index (χ3v) is 2.65. The van der Waals surface area contributed by atoms with Crippen LogP contribution in [0.25, 0.3) is 0 Å². The van der Waals surface area contributed by atoms with E-state index in [2.05, 4.69) is 11.9 Å². The zero-order valence-electron chi connectivity index (χ0n) is 8.90. The number of aliphatic hydroxyl groups is 1. The number of carbonyl (C=O) groups excluding carboxylic acids is 1. The van der Waals surface area contributed by atoms with Gasteiger partial charge in [-0.25, -0.2) is 4.39 Å². The third kappa shape index (κ3) is 2.16. The van der Waals surface area contributed by atoms with Crippen LogP contribution in [0, 0.1) is 0 Å². The van der Waals surface area contributed by atoms with Crippen LogP contribution in [0.2, 0.25) is 0 Å². The van der Waals surface area contributed by atoms with Crippen molar-refractivity contribution in [2.45, 2.75) is 24.9 Å². The van der Waals surface area contributed by atoms with Gasteiger partial charge in [0.1, 0.15) is 12.0 Å². The van der Waals surface area contributed by atoms with Crippen molar-refractivity contribution in [3.05, 3.63) is 24.4 Å². The van der Waals surface area contributed by atoms with Crippen LogP contribution < -0.4 is 5.32 Å². The van der Waals surface area contributed by atoms with E-state index in [1.54, 1.807) is 0 Å². The molecule has 0 aromatic rings. The molecule has 7 heteroatoms. The van der Waals surface area contributed by atoms with Crippen LogP contribution in [0.3, 0.4) is 0 Å². The van der Waals surface area contributed by atoms with Gasteiger partial charge in [-0.15, -0.1) is 0 Å². The molecule has 1 amide bonds. The highest BCUT2D eigenvalue weighted by atomic mass is 19.1. The molecule has 94 valence electrons. The van der Waals surface area contributed by atoms with Crippen LogP contribution in [0.1, 0.15) is 6.42 Å². The summed E-state index contributed by atoms with van der Waals surface area (Å²) >= 11 is 0. The number of hydrogen-bond donors (Lipinski definition) is 2. The summed E-state index contributed by atoms with van der Waals surface area (Å²) in [5, 5.41) is 11.0. The Bertz CT molecular complexity index is 386. The lowest BCUT2D eigenvalue weighted by molar-refractivity contribution is -0.120. The van der Waals surface area contributed by atoms with Gasteiger partial charge in [0.15, 0.2) is 6.23 Å². The van der Waals surface area contributed by atoms with Crippen molar-refractivity contribution in [3.8, 4) is 0 Å². The van der Waals surface area contributed by atoms with Crippen LogP contribution >= 0.6 is 0 Å². The predicted molar refractivity (Wildman–Crippen MR) is 53.6 cm³/mol. The summed E-state index contributed by atoms with van der Waals surface area (Å²) in [6.07, 6.45) is -2.22. The van der Waals surface area contributed by atoms with E-state index in [9.17, 15) is 13.6 Å². The van der Waals surface area contributed by atoms with E-state index in [1.807, 2.05) is 0 Å². The Morgan fingerprint density at radius 1 is 1.71 bits per heavy atom. The molecule has 0 saturated carbocycles. The van der Waals surface area contributed by atoms with E-state index in [1.165, 1.54) is 0 Å². The number of nitrogens with one attached hydrogen (secondary N) is 1. The fraction of sp³-hybridized carbons (Fsp3) is 0.500. The topological polar surface area (TPSA) is 61.8 Å². The first-order chi connectivity index (χ1) is 8.02. The van der Waals surface area contributed by atoms with Crippen molar-refractivity contribution in [3.63, 3.8) is 0 Å². The van der Waals surface area contributed by atoms with Gasteiger partial charge >= 0.3 is 0 Å². The van der Waals surface area contributed by atoms with Crippen LogP contribution in [0.15, 0.2) is 24.4 Å². The minimum atomic E-state index is -1.39. The van der Waals surface area contributed by atoms with Crippen LogP contribution in [0.4, 0.5) is 8.78 Å². The van der Waals surface area contributed by atoms with Gasteiger partial charge in [0.2, 0.25) is 5.83 Å². The Labute approximate surface area is 96.3 Å². The summed E-state index contributed by atoms with van der Waals surface area (Å²) in [5.74, 6) is -1.92. The van der Waals surface area contributed by atoms with Gasteiger partial charge in [-0.1, -0.05) is 6.58 Å². The lowest BCUT2D eigenvalue weighted by Gasteiger charge is -2.32. The molecular weight excluding hydrogens is 234 g/mol. The van der Waals surface area contributed by atoms with Crippen LogP contribution in [-0.2, 0) is 9.53 Å². The molecule has 0 aromatic carbocycles. The normalized spacial score (nSPS) is 33.7. The van der Waals surface area contributed by atoms with Crippen molar-refractivity contribution in [2.24, 2.45) is 0 Å². The van der Waals surface area contributed by atoms with Gasteiger partial charge in [-0.2, -0.15) is 4.39 Å². The molecule has 0 aliphatic carbocycles. The summed E-state index contributed by atoms with van der Waals surface area (Å²) < 4.78 is 31.9. The number of hydrogen-bond acceptors (Lipinski definition) is 4. The number of amides is 1. The number of rotatable bonds is 2. The maximum atomic E-state index is 13.6. The van der Waals surface area contributed by atoms with E-state index in [0.717, 1.165) is 11.1 Å². The van der Waals surface area contributed by atoms with Gasteiger partial charge in [0.05, 0.1) is 12.7 Å². The Hall–Kier alpha value is -1.47. The number of ether oxygens (including phenoxy) is 1. The maximum absolute atomic E-state index is 13.6. The van der Waals surface area contributed by atoms with E-state index in [0.29, 0.717) is 0 Å². The molecule has 0 aromatic heterocycles. The highest BCUT2D eigenvalue weighted by molar-refractivity contribution is 5.93. The zero-order chi connectivity index (χ0) is 12.6. The number of nitrogens with zero attached hydrogens (tertiary/aromatic N) is 1. The Morgan fingerprint density at radius 3 is 3.00 bits per heavy atom. The van der Waals surface area contributed by atoms with Crippen molar-refractivity contribution >= 4 is 5.91 Å². The number of halogens is 2. The van der Waals surface area contributed by atoms with Crippen molar-refractivity contribution in [1.29, 1.82) is 0 Å². The lowest BCUT2D eigenvalue weighted by Crippen LogP contribution is -2.45. The molecule has 1 saturated heterocycles. The summed E-state index contributed by atoms with van der Waals surface area (Å²) in [6, 6.07) is 0. The molecule has 5 nitrogen and oxygen atoms in total. The Balaban J connectivity index is 2.17. The summed E-state index contributed by atoms with van der Waals surface area (Å²) in [5.41, 5.74) is 0. The summed E-state index contributed by atoms with van der Waals surface area (Å²) in [7, 11) is 0. The molecule has 3 atom stereocenters. The van der Waals surface area contributed by atoms with Gasteiger partial charge in [-0.05, 0) is 0 Å². The largest absolute Gasteiger partial charge is 0.394 e. The monoisotopic (exact) mass is 246 g/mol. The second-order valence-electron chi connectivity index (χ2n) is 3.87. The highest BCUT2D eigenvalue weighted by Crippen LogP contribution is 2.29. The van der Waals surface area contributed by atoms with E-state index in [-0.39, 0.29) is 18.8 Å². The fourth-order valence-electron chi connectivity index (χ4n) is 1.80. The molecule has 2 aliphatic heterocycles. The van der Waals surface area contributed by atoms with Gasteiger partial charge in [0, 0.05) is 12.6 Å². The number of alkyl halides is 1. The summed E-state index contributed by atoms with van der Waals surface area (Å²) in [6.45, 7) is 3.17. The molecule has 1 fully saturated rings. The van der Waals surface area contributed by atoms with Gasteiger partial charge < -0.3 is 20.1 Å². The second-order valence-corrected chi connectivity index (χ2v) is 3.87. The standard InChI is InChI=1S/C10H12F2N2O3/c1-5-13-9(16)8(12)3-14(5)10-7(11)2-6(4-15)17-10/h3,6-7,10,15H,1-2,4H2,(H,13,16)/t6-,7?,10+/m0/s1. The minimum Gasteiger partial charge on any atom is -0.394 e. The predicted octanol–water partition coefficient (Wildman–Crippen LogP) is 0.146. The smallest absolute Gasteiger partial charge is 0.287 e. The molecule has 2 aliphatic rings. The fourth-order valence-corrected chi connectivity index (χ4v) is 1.80. The number of carbonyl (C=O) groups is 1. The molecule has 0 bridgehead atoms. The second kappa shape index (κ2) is 4.42. The van der Waals surface area contributed by atoms with Crippen LogP contribution in [0.5, 0.6) is 0 Å². The highest BCUT2D eigenvalue weighted by Gasteiger charge is 2.40. The third-order valence-electron chi connectivity index (χ3n) is 2.65. The van der Waals surface area contributed by atoms with Gasteiger partial charge in [0.25, 0.3) is 5.91 Å². The minimum absolute atomic E-state index is 0.0222. The zero-order valence-corrected chi connectivity index (χ0v) is 8.90. The molecule has 17 heavy (non-hydrogen) atoms. The van der Waals surface area contributed by atoms with Crippen molar-refractivity contribution in [1.82, 2.24) is 10.2 Å². The van der Waals surface area contributed by atoms with E-state index < -0.39 is 30.2 Å². The Morgan fingerprint density at radius 2 is 2.41 bits per heavy atom. The molecule has 2 N–H and O–H groups in total.